The van der Waals surface area contributed by atoms with Crippen LogP contribution in [-0.4, -0.2) is 47.8 Å². The van der Waals surface area contributed by atoms with Crippen molar-refractivity contribution in [3.63, 3.8) is 0 Å². The Morgan fingerprint density at radius 3 is 2.95 bits per heavy atom. The molecule has 0 bridgehead atoms. The molecule has 21 heavy (non-hydrogen) atoms. The van der Waals surface area contributed by atoms with Crippen LogP contribution < -0.4 is 5.32 Å². The van der Waals surface area contributed by atoms with Gasteiger partial charge in [-0.1, -0.05) is 0 Å². The Morgan fingerprint density at radius 2 is 2.29 bits per heavy atom. The fourth-order valence-electron chi connectivity index (χ4n) is 2.21. The number of nitrogens with zero attached hydrogens (tertiary/aromatic N) is 1. The third-order valence-electron chi connectivity index (χ3n) is 3.31. The van der Waals surface area contributed by atoms with E-state index in [1.807, 2.05) is 0 Å². The molecular formula is C14H17FN2O4. The lowest BCUT2D eigenvalue weighted by atomic mass is 10.1. The summed E-state index contributed by atoms with van der Waals surface area (Å²) in [4.78, 5) is 24.5. The molecule has 0 aliphatic carbocycles. The van der Waals surface area contributed by atoms with Gasteiger partial charge in [0.15, 0.2) is 0 Å². The molecule has 0 radical (unpaired) electrons. The number of ether oxygens (including phenoxy) is 1. The molecule has 1 atom stereocenters. The molecular weight excluding hydrogens is 279 g/mol. The number of halogens is 1. The summed E-state index contributed by atoms with van der Waals surface area (Å²) in [5.41, 5.74) is 0.899. The topological polar surface area (TPSA) is 78.9 Å². The van der Waals surface area contributed by atoms with Gasteiger partial charge in [0.1, 0.15) is 5.82 Å². The SMILES string of the molecule is Cc1cc(NC(=O)N2CCOCC2CC(=O)O)ccc1F. The first-order valence-corrected chi connectivity index (χ1v) is 6.60. The number of amides is 2. The quantitative estimate of drug-likeness (QED) is 0.892. The number of anilines is 1. The summed E-state index contributed by atoms with van der Waals surface area (Å²) in [6.07, 6.45) is -0.171. The van der Waals surface area contributed by atoms with Crippen LogP contribution in [0.25, 0.3) is 0 Å². The van der Waals surface area contributed by atoms with E-state index in [0.717, 1.165) is 0 Å². The third-order valence-corrected chi connectivity index (χ3v) is 3.31. The Bertz CT molecular complexity index is 550. The van der Waals surface area contributed by atoms with Crippen LogP contribution in [0.3, 0.4) is 0 Å². The molecule has 0 saturated carbocycles. The van der Waals surface area contributed by atoms with E-state index in [-0.39, 0.29) is 18.8 Å². The number of hydrogen-bond donors (Lipinski definition) is 2. The summed E-state index contributed by atoms with van der Waals surface area (Å²) in [5.74, 6) is -1.33. The summed E-state index contributed by atoms with van der Waals surface area (Å²) >= 11 is 0. The Morgan fingerprint density at radius 1 is 1.52 bits per heavy atom. The molecule has 2 amide bonds. The number of aliphatic carboxylic acids is 1. The fourth-order valence-corrected chi connectivity index (χ4v) is 2.21. The number of hydrogen-bond acceptors (Lipinski definition) is 3. The van der Waals surface area contributed by atoms with Crippen molar-refractivity contribution in [3.8, 4) is 0 Å². The predicted molar refractivity (Wildman–Crippen MR) is 73.7 cm³/mol. The van der Waals surface area contributed by atoms with Crippen LogP contribution in [0.1, 0.15) is 12.0 Å². The first-order valence-electron chi connectivity index (χ1n) is 6.60. The standard InChI is InChI=1S/C14H17FN2O4/c1-9-6-10(2-3-12(9)15)16-14(20)17-4-5-21-8-11(17)7-13(18)19/h2-3,6,11H,4-5,7-8H2,1H3,(H,16,20)(H,18,19). The van der Waals surface area contributed by atoms with Crippen LogP contribution in [-0.2, 0) is 9.53 Å². The highest BCUT2D eigenvalue weighted by molar-refractivity contribution is 5.90. The second-order valence-corrected chi connectivity index (χ2v) is 4.91. The molecule has 0 spiro atoms. The van der Waals surface area contributed by atoms with Gasteiger partial charge in [-0.25, -0.2) is 9.18 Å². The average Bonchev–Trinajstić information content (AvgIpc) is 2.43. The fraction of sp³-hybridized carbons (Fsp3) is 0.429. The zero-order chi connectivity index (χ0) is 15.4. The summed E-state index contributed by atoms with van der Waals surface area (Å²) in [5, 5.41) is 11.5. The van der Waals surface area contributed by atoms with E-state index in [2.05, 4.69) is 5.32 Å². The summed E-state index contributed by atoms with van der Waals surface area (Å²) in [6.45, 7) is 2.49. The van der Waals surface area contributed by atoms with Gasteiger partial charge in [-0.15, -0.1) is 0 Å². The highest BCUT2D eigenvalue weighted by Crippen LogP contribution is 2.17. The van der Waals surface area contributed by atoms with Crippen molar-refractivity contribution in [2.75, 3.05) is 25.1 Å². The number of aryl methyl sites for hydroxylation is 1. The van der Waals surface area contributed by atoms with Gasteiger partial charge in [0.2, 0.25) is 0 Å². The zero-order valence-corrected chi connectivity index (χ0v) is 11.6. The molecule has 114 valence electrons. The van der Waals surface area contributed by atoms with Crippen molar-refractivity contribution in [3.05, 3.63) is 29.6 Å². The van der Waals surface area contributed by atoms with Crippen molar-refractivity contribution < 1.29 is 23.8 Å². The lowest BCUT2D eigenvalue weighted by molar-refractivity contribution is -0.139. The molecule has 1 aliphatic heterocycles. The van der Waals surface area contributed by atoms with Crippen molar-refractivity contribution in [1.82, 2.24) is 4.90 Å². The molecule has 1 unspecified atom stereocenters. The lowest BCUT2D eigenvalue weighted by Crippen LogP contribution is -2.51. The molecule has 1 aromatic carbocycles. The number of urea groups is 1. The summed E-state index contributed by atoms with van der Waals surface area (Å²) < 4.78 is 18.4. The van der Waals surface area contributed by atoms with Gasteiger partial charge in [0.25, 0.3) is 0 Å². The van der Waals surface area contributed by atoms with E-state index in [4.69, 9.17) is 9.84 Å². The van der Waals surface area contributed by atoms with Gasteiger partial charge in [-0.05, 0) is 30.7 Å². The van der Waals surface area contributed by atoms with E-state index >= 15 is 0 Å². The minimum Gasteiger partial charge on any atom is -0.481 e. The molecule has 1 aliphatic rings. The Balaban J connectivity index is 2.06. The van der Waals surface area contributed by atoms with Crippen molar-refractivity contribution in [1.29, 1.82) is 0 Å². The summed E-state index contributed by atoms with van der Waals surface area (Å²) in [7, 11) is 0. The van der Waals surface area contributed by atoms with Crippen molar-refractivity contribution in [2.24, 2.45) is 0 Å². The van der Waals surface area contributed by atoms with Gasteiger partial charge < -0.3 is 20.1 Å². The molecule has 6 nitrogen and oxygen atoms in total. The average molecular weight is 296 g/mol. The predicted octanol–water partition coefficient (Wildman–Crippen LogP) is 1.84. The van der Waals surface area contributed by atoms with Gasteiger partial charge in [-0.2, -0.15) is 0 Å². The normalized spacial score (nSPS) is 18.4. The Kier molecular flexibility index (Phi) is 4.74. The first-order chi connectivity index (χ1) is 9.97. The monoisotopic (exact) mass is 296 g/mol. The van der Waals surface area contributed by atoms with Gasteiger partial charge in [-0.3, -0.25) is 4.79 Å². The van der Waals surface area contributed by atoms with Crippen LogP contribution in [0, 0.1) is 12.7 Å². The third kappa shape index (κ3) is 3.91. The number of nitrogens with one attached hydrogen (secondary N) is 1. The maximum absolute atomic E-state index is 13.2. The van der Waals surface area contributed by atoms with Crippen LogP contribution in [0.15, 0.2) is 18.2 Å². The second-order valence-electron chi connectivity index (χ2n) is 4.91. The van der Waals surface area contributed by atoms with Gasteiger partial charge in [0, 0.05) is 12.2 Å². The molecule has 7 heteroatoms. The second kappa shape index (κ2) is 6.53. The number of morpholine rings is 1. The molecule has 2 N–H and O–H groups in total. The number of carbonyl (C=O) groups excluding carboxylic acids is 1. The number of carbonyl (C=O) groups is 2. The van der Waals surface area contributed by atoms with Gasteiger partial charge in [0.05, 0.1) is 25.7 Å². The maximum atomic E-state index is 13.2. The first kappa shape index (κ1) is 15.2. The number of rotatable bonds is 3. The molecule has 1 heterocycles. The van der Waals surface area contributed by atoms with Crippen molar-refractivity contribution in [2.45, 2.75) is 19.4 Å². The molecule has 1 aromatic rings. The minimum atomic E-state index is -0.985. The minimum absolute atomic E-state index is 0.171. The highest BCUT2D eigenvalue weighted by atomic mass is 19.1. The molecule has 2 rings (SSSR count). The van der Waals surface area contributed by atoms with E-state index in [9.17, 15) is 14.0 Å². The molecule has 1 saturated heterocycles. The zero-order valence-electron chi connectivity index (χ0n) is 11.6. The Labute approximate surface area is 121 Å². The van der Waals surface area contributed by atoms with Crippen LogP contribution in [0.5, 0.6) is 0 Å². The largest absolute Gasteiger partial charge is 0.481 e. The molecule has 1 fully saturated rings. The highest BCUT2D eigenvalue weighted by Gasteiger charge is 2.29. The number of carboxylic acid groups (broad SMARTS) is 1. The number of carboxylic acids is 1. The van der Waals surface area contributed by atoms with E-state index < -0.39 is 18.0 Å². The van der Waals surface area contributed by atoms with Crippen LogP contribution in [0.2, 0.25) is 0 Å². The summed E-state index contributed by atoms with van der Waals surface area (Å²) in [6, 6.07) is 3.36. The van der Waals surface area contributed by atoms with E-state index in [1.54, 1.807) is 6.92 Å². The van der Waals surface area contributed by atoms with Crippen LogP contribution >= 0.6 is 0 Å². The van der Waals surface area contributed by atoms with E-state index in [1.165, 1.54) is 23.1 Å². The molecule has 0 aromatic heterocycles. The number of benzene rings is 1. The van der Waals surface area contributed by atoms with Gasteiger partial charge >= 0.3 is 12.0 Å². The maximum Gasteiger partial charge on any atom is 0.322 e. The van der Waals surface area contributed by atoms with Crippen molar-refractivity contribution >= 4 is 17.7 Å². The Hall–Kier alpha value is -2.15. The smallest absolute Gasteiger partial charge is 0.322 e. The van der Waals surface area contributed by atoms with Crippen LogP contribution in [0.4, 0.5) is 14.9 Å². The lowest BCUT2D eigenvalue weighted by Gasteiger charge is -2.34. The van der Waals surface area contributed by atoms with E-state index in [0.29, 0.717) is 24.4 Å².